The lowest BCUT2D eigenvalue weighted by molar-refractivity contribution is 1.49. The fraction of sp³-hybridized carbons (Fsp3) is 0. The highest BCUT2D eigenvalue weighted by molar-refractivity contribution is 7.22. The number of thiazole rings is 1. The molecule has 2 nitrogen and oxygen atoms in total. The van der Waals surface area contributed by atoms with Crippen molar-refractivity contribution in [3.63, 3.8) is 0 Å². The van der Waals surface area contributed by atoms with Gasteiger partial charge in [0.25, 0.3) is 0 Å². The van der Waals surface area contributed by atoms with Crippen molar-refractivity contribution in [1.29, 1.82) is 0 Å². The normalized spacial score (nSPS) is 11.2. The summed E-state index contributed by atoms with van der Waals surface area (Å²) in [5, 5.41) is 2.02. The number of hydrogen-bond donors (Lipinski definition) is 0. The number of aromatic nitrogens is 1. The van der Waals surface area contributed by atoms with Crippen LogP contribution < -0.4 is 5.43 Å². The minimum atomic E-state index is -0.111. The third kappa shape index (κ3) is 1.80. The molecule has 0 bridgehead atoms. The predicted octanol–water partition coefficient (Wildman–Crippen LogP) is 4.12. The van der Waals surface area contributed by atoms with Crippen molar-refractivity contribution < 1.29 is 0 Å². The van der Waals surface area contributed by atoms with Gasteiger partial charge in [-0.15, -0.1) is 11.3 Å². The van der Waals surface area contributed by atoms with Gasteiger partial charge in [0.1, 0.15) is 5.52 Å². The van der Waals surface area contributed by atoms with E-state index >= 15 is 0 Å². The van der Waals surface area contributed by atoms with Crippen molar-refractivity contribution >= 4 is 55.5 Å². The van der Waals surface area contributed by atoms with Crippen molar-refractivity contribution in [3.05, 3.63) is 50.0 Å². The average molecular weight is 282 g/mol. The van der Waals surface area contributed by atoms with Crippen LogP contribution in [0.25, 0.3) is 21.0 Å². The lowest BCUT2D eigenvalue weighted by atomic mass is 10.2. The second kappa shape index (κ2) is 3.95. The second-order valence-electron chi connectivity index (χ2n) is 3.57. The standard InChI is InChI=1S/C12H5Cl2NOS/c13-7-2-3-8-6(5-7)1-4-9-10(11(8)16)15-12(14)17-9/h1-5H. The molecule has 0 aliphatic heterocycles. The number of benzene rings is 1. The largest absolute Gasteiger partial charge is 0.287 e. The fourth-order valence-corrected chi connectivity index (χ4v) is 2.96. The van der Waals surface area contributed by atoms with E-state index in [0.717, 1.165) is 10.1 Å². The Morgan fingerprint density at radius 3 is 2.76 bits per heavy atom. The molecule has 0 spiro atoms. The molecule has 0 aliphatic rings. The summed E-state index contributed by atoms with van der Waals surface area (Å²) in [5.74, 6) is 0. The number of nitrogens with zero attached hydrogens (tertiary/aromatic N) is 1. The number of fused-ring (bicyclic) bond motifs is 2. The highest BCUT2D eigenvalue weighted by atomic mass is 35.5. The smallest absolute Gasteiger partial charge is 0.213 e. The molecule has 0 saturated heterocycles. The molecule has 3 rings (SSSR count). The summed E-state index contributed by atoms with van der Waals surface area (Å²) in [5.41, 5.74) is 0.303. The Balaban J connectivity index is 2.60. The van der Waals surface area contributed by atoms with Crippen molar-refractivity contribution in [2.24, 2.45) is 0 Å². The number of rotatable bonds is 0. The quantitative estimate of drug-likeness (QED) is 0.621. The summed E-state index contributed by atoms with van der Waals surface area (Å²) < 4.78 is 1.16. The molecule has 0 radical (unpaired) electrons. The van der Waals surface area contributed by atoms with Gasteiger partial charge >= 0.3 is 0 Å². The van der Waals surface area contributed by atoms with E-state index in [-0.39, 0.29) is 5.43 Å². The first-order chi connectivity index (χ1) is 8.15. The lowest BCUT2D eigenvalue weighted by Gasteiger charge is -1.91. The zero-order chi connectivity index (χ0) is 12.0. The average Bonchev–Trinajstić information content (AvgIpc) is 2.62. The molecule has 17 heavy (non-hydrogen) atoms. The monoisotopic (exact) mass is 281 g/mol. The third-order valence-electron chi connectivity index (χ3n) is 2.51. The molecule has 1 aromatic heterocycles. The van der Waals surface area contributed by atoms with E-state index in [2.05, 4.69) is 4.98 Å². The van der Waals surface area contributed by atoms with E-state index in [4.69, 9.17) is 23.2 Å². The molecule has 0 atom stereocenters. The predicted molar refractivity (Wildman–Crippen MR) is 73.4 cm³/mol. The summed E-state index contributed by atoms with van der Waals surface area (Å²) in [6, 6.07) is 8.89. The molecule has 5 heteroatoms. The number of hydrogen-bond acceptors (Lipinski definition) is 3. The van der Waals surface area contributed by atoms with Crippen LogP contribution in [0, 0.1) is 0 Å². The van der Waals surface area contributed by atoms with Gasteiger partial charge in [-0.05, 0) is 29.7 Å². The van der Waals surface area contributed by atoms with Crippen LogP contribution in [0.2, 0.25) is 9.49 Å². The summed E-state index contributed by atoms with van der Waals surface area (Å²) in [4.78, 5) is 16.3. The van der Waals surface area contributed by atoms with Gasteiger partial charge in [0.15, 0.2) is 4.47 Å². The van der Waals surface area contributed by atoms with Gasteiger partial charge in [0.2, 0.25) is 5.43 Å². The van der Waals surface area contributed by atoms with E-state index in [1.807, 2.05) is 12.1 Å². The molecule has 2 aromatic carbocycles. The van der Waals surface area contributed by atoms with Gasteiger partial charge in [-0.2, -0.15) is 0 Å². The van der Waals surface area contributed by atoms with Gasteiger partial charge in [0.05, 0.1) is 4.70 Å². The van der Waals surface area contributed by atoms with Gasteiger partial charge in [0, 0.05) is 10.4 Å². The Morgan fingerprint density at radius 2 is 1.94 bits per heavy atom. The molecular formula is C12H5Cl2NOS. The number of halogens is 2. The van der Waals surface area contributed by atoms with E-state index in [0.29, 0.717) is 20.4 Å². The van der Waals surface area contributed by atoms with Crippen molar-refractivity contribution in [1.82, 2.24) is 4.98 Å². The van der Waals surface area contributed by atoms with Crippen LogP contribution >= 0.6 is 34.5 Å². The molecule has 0 saturated carbocycles. The maximum absolute atomic E-state index is 12.3. The first kappa shape index (κ1) is 11.0. The lowest BCUT2D eigenvalue weighted by Crippen LogP contribution is -1.98. The molecule has 1 heterocycles. The first-order valence-electron chi connectivity index (χ1n) is 4.84. The first-order valence-corrected chi connectivity index (χ1v) is 6.41. The van der Waals surface area contributed by atoms with Crippen molar-refractivity contribution in [2.75, 3.05) is 0 Å². The fourth-order valence-electron chi connectivity index (χ4n) is 1.75. The minimum absolute atomic E-state index is 0.111. The maximum atomic E-state index is 12.3. The molecule has 3 aromatic rings. The second-order valence-corrected chi connectivity index (χ2v) is 5.62. The summed E-state index contributed by atoms with van der Waals surface area (Å²) in [6.45, 7) is 0. The van der Waals surface area contributed by atoms with Gasteiger partial charge in [-0.25, -0.2) is 4.98 Å². The SMILES string of the molecule is O=c1c2ccc(Cl)cc2ccc2sc(Cl)nc12. The molecule has 0 unspecified atom stereocenters. The van der Waals surface area contributed by atoms with Crippen LogP contribution in [0.5, 0.6) is 0 Å². The minimum Gasteiger partial charge on any atom is -0.287 e. The molecule has 0 fully saturated rings. The van der Waals surface area contributed by atoms with Crippen LogP contribution in [0.15, 0.2) is 35.1 Å². The van der Waals surface area contributed by atoms with Crippen LogP contribution in [0.1, 0.15) is 0 Å². The van der Waals surface area contributed by atoms with E-state index in [1.54, 1.807) is 18.2 Å². The molecule has 0 N–H and O–H groups in total. The topological polar surface area (TPSA) is 30.0 Å². The Hall–Kier alpha value is -1.16. The molecular weight excluding hydrogens is 277 g/mol. The van der Waals surface area contributed by atoms with Gasteiger partial charge in [-0.3, -0.25) is 4.79 Å². The molecule has 0 aliphatic carbocycles. The molecule has 0 amide bonds. The van der Waals surface area contributed by atoms with Crippen LogP contribution in [0.4, 0.5) is 0 Å². The van der Waals surface area contributed by atoms with Crippen LogP contribution in [-0.4, -0.2) is 4.98 Å². The van der Waals surface area contributed by atoms with Gasteiger partial charge < -0.3 is 0 Å². The highest BCUT2D eigenvalue weighted by Gasteiger charge is 2.07. The Bertz CT molecular complexity index is 797. The van der Waals surface area contributed by atoms with E-state index in [9.17, 15) is 4.79 Å². The van der Waals surface area contributed by atoms with Crippen LogP contribution in [0.3, 0.4) is 0 Å². The Morgan fingerprint density at radius 1 is 1.12 bits per heavy atom. The van der Waals surface area contributed by atoms with Gasteiger partial charge in [-0.1, -0.05) is 29.3 Å². The zero-order valence-corrected chi connectivity index (χ0v) is 10.7. The Kier molecular flexibility index (Phi) is 2.54. The van der Waals surface area contributed by atoms with Crippen molar-refractivity contribution in [2.45, 2.75) is 0 Å². The van der Waals surface area contributed by atoms with Crippen molar-refractivity contribution in [3.8, 4) is 0 Å². The maximum Gasteiger partial charge on any atom is 0.213 e. The third-order valence-corrected chi connectivity index (χ3v) is 3.87. The zero-order valence-electron chi connectivity index (χ0n) is 8.41. The summed E-state index contributed by atoms with van der Waals surface area (Å²) >= 11 is 13.0. The summed E-state index contributed by atoms with van der Waals surface area (Å²) in [6.07, 6.45) is 0. The van der Waals surface area contributed by atoms with Crippen LogP contribution in [-0.2, 0) is 0 Å². The Labute approximate surface area is 110 Å². The molecule has 84 valence electrons. The summed E-state index contributed by atoms with van der Waals surface area (Å²) in [7, 11) is 0. The van der Waals surface area contributed by atoms with E-state index < -0.39 is 0 Å². The highest BCUT2D eigenvalue weighted by Crippen LogP contribution is 2.25. The van der Waals surface area contributed by atoms with E-state index in [1.165, 1.54) is 11.3 Å².